The number of rotatable bonds is 3. The molecule has 2 aromatic rings. The van der Waals surface area contributed by atoms with Gasteiger partial charge in [-0.1, -0.05) is 15.9 Å². The Bertz CT molecular complexity index is 729. The summed E-state index contributed by atoms with van der Waals surface area (Å²) in [6, 6.07) is 3.37. The Labute approximate surface area is 120 Å². The lowest BCUT2D eigenvalue weighted by atomic mass is 10.3. The molecular weight excluding hydrogens is 334 g/mol. The Hall–Kier alpha value is -1.76. The molecule has 1 N–H and O–H groups in total. The van der Waals surface area contributed by atoms with Crippen LogP contribution in [0.1, 0.15) is 24.6 Å². The van der Waals surface area contributed by atoms with Gasteiger partial charge in [-0.3, -0.25) is 4.79 Å². The summed E-state index contributed by atoms with van der Waals surface area (Å²) in [5, 5.41) is 0. The average Bonchev–Trinajstić information content (AvgIpc) is 3.18. The third kappa shape index (κ3) is 2.72. The number of hydrogen-bond acceptors (Lipinski definition) is 3. The van der Waals surface area contributed by atoms with Crippen LogP contribution in [-0.4, -0.2) is 9.97 Å². The maximum Gasteiger partial charge on any atom is 0.254 e. The minimum Gasteiger partial charge on any atom is -0.436 e. The van der Waals surface area contributed by atoms with E-state index in [0.717, 1.165) is 25.0 Å². The molecule has 1 aliphatic carbocycles. The van der Waals surface area contributed by atoms with Crippen LogP contribution in [0.3, 0.4) is 0 Å². The first kappa shape index (κ1) is 13.2. The molecular formula is C13H9BrF2N2O2. The highest BCUT2D eigenvalue weighted by Gasteiger charge is 2.26. The van der Waals surface area contributed by atoms with Crippen LogP contribution < -0.4 is 10.3 Å². The van der Waals surface area contributed by atoms with E-state index in [1.165, 1.54) is 6.07 Å². The molecule has 0 radical (unpaired) electrons. The minimum absolute atomic E-state index is 0.0490. The molecule has 1 saturated carbocycles. The van der Waals surface area contributed by atoms with Gasteiger partial charge in [-0.05, 0) is 25.0 Å². The molecule has 1 aromatic heterocycles. The van der Waals surface area contributed by atoms with Crippen molar-refractivity contribution >= 4 is 15.9 Å². The quantitative estimate of drug-likeness (QED) is 0.869. The van der Waals surface area contributed by atoms with Crippen molar-refractivity contribution in [3.8, 4) is 11.6 Å². The van der Waals surface area contributed by atoms with E-state index >= 15 is 0 Å². The van der Waals surface area contributed by atoms with Crippen LogP contribution in [-0.2, 0) is 0 Å². The summed E-state index contributed by atoms with van der Waals surface area (Å²) >= 11 is 3.05. The second kappa shape index (κ2) is 4.97. The predicted octanol–water partition coefficient (Wildman–Crippen LogP) is 3.48. The molecule has 4 nitrogen and oxygen atoms in total. The molecule has 1 aliphatic rings. The van der Waals surface area contributed by atoms with Crippen LogP contribution in [0.25, 0.3) is 0 Å². The van der Waals surface area contributed by atoms with Gasteiger partial charge in [0.05, 0.1) is 6.07 Å². The number of aromatic amines is 1. The Morgan fingerprint density at radius 2 is 2.05 bits per heavy atom. The Morgan fingerprint density at radius 3 is 2.75 bits per heavy atom. The average molecular weight is 343 g/mol. The van der Waals surface area contributed by atoms with Gasteiger partial charge >= 0.3 is 0 Å². The van der Waals surface area contributed by atoms with Crippen LogP contribution in [0.4, 0.5) is 8.78 Å². The van der Waals surface area contributed by atoms with Crippen molar-refractivity contribution < 1.29 is 13.5 Å². The SMILES string of the molecule is O=c1cc(Oc2cc(Br)cc(F)c2F)nc(C2CC2)[nH]1. The van der Waals surface area contributed by atoms with E-state index < -0.39 is 11.6 Å². The highest BCUT2D eigenvalue weighted by molar-refractivity contribution is 9.10. The van der Waals surface area contributed by atoms with Crippen molar-refractivity contribution in [3.63, 3.8) is 0 Å². The fourth-order valence-electron chi connectivity index (χ4n) is 1.78. The molecule has 0 bridgehead atoms. The molecule has 1 aromatic carbocycles. The van der Waals surface area contributed by atoms with Gasteiger partial charge in [0, 0.05) is 10.4 Å². The van der Waals surface area contributed by atoms with Crippen molar-refractivity contribution in [1.29, 1.82) is 0 Å². The van der Waals surface area contributed by atoms with E-state index in [1.54, 1.807) is 0 Å². The molecule has 3 rings (SSSR count). The lowest BCUT2D eigenvalue weighted by Crippen LogP contribution is -2.10. The van der Waals surface area contributed by atoms with E-state index in [9.17, 15) is 13.6 Å². The molecule has 7 heteroatoms. The van der Waals surface area contributed by atoms with Crippen LogP contribution in [0, 0.1) is 11.6 Å². The predicted molar refractivity (Wildman–Crippen MR) is 71.0 cm³/mol. The van der Waals surface area contributed by atoms with E-state index in [-0.39, 0.29) is 23.1 Å². The summed E-state index contributed by atoms with van der Waals surface area (Å²) in [4.78, 5) is 18.2. The van der Waals surface area contributed by atoms with E-state index in [2.05, 4.69) is 25.9 Å². The molecule has 0 saturated heterocycles. The topological polar surface area (TPSA) is 55.0 Å². The van der Waals surface area contributed by atoms with Gasteiger partial charge in [0.15, 0.2) is 11.6 Å². The molecule has 0 atom stereocenters. The first-order valence-electron chi connectivity index (χ1n) is 5.96. The minimum atomic E-state index is -1.12. The Kier molecular flexibility index (Phi) is 3.29. The van der Waals surface area contributed by atoms with Crippen molar-refractivity contribution in [2.45, 2.75) is 18.8 Å². The van der Waals surface area contributed by atoms with Gasteiger partial charge in [0.1, 0.15) is 5.82 Å². The van der Waals surface area contributed by atoms with Crippen LogP contribution in [0.5, 0.6) is 11.6 Å². The zero-order valence-corrected chi connectivity index (χ0v) is 11.7. The molecule has 20 heavy (non-hydrogen) atoms. The number of halogens is 3. The number of H-pyrrole nitrogens is 1. The van der Waals surface area contributed by atoms with E-state index in [0.29, 0.717) is 10.3 Å². The lowest BCUT2D eigenvalue weighted by Gasteiger charge is -2.08. The highest BCUT2D eigenvalue weighted by atomic mass is 79.9. The second-order valence-electron chi connectivity index (χ2n) is 4.54. The van der Waals surface area contributed by atoms with Crippen molar-refractivity contribution in [3.05, 3.63) is 50.5 Å². The van der Waals surface area contributed by atoms with Gasteiger partial charge in [-0.2, -0.15) is 9.37 Å². The zero-order valence-electron chi connectivity index (χ0n) is 10.1. The van der Waals surface area contributed by atoms with E-state index in [4.69, 9.17) is 4.74 Å². The molecule has 0 spiro atoms. The fourth-order valence-corrected chi connectivity index (χ4v) is 2.18. The third-order valence-electron chi connectivity index (χ3n) is 2.87. The summed E-state index contributed by atoms with van der Waals surface area (Å²) in [6.45, 7) is 0. The third-order valence-corrected chi connectivity index (χ3v) is 3.33. The molecule has 104 valence electrons. The van der Waals surface area contributed by atoms with Gasteiger partial charge in [-0.25, -0.2) is 4.39 Å². The van der Waals surface area contributed by atoms with Gasteiger partial charge in [-0.15, -0.1) is 0 Å². The van der Waals surface area contributed by atoms with Crippen molar-refractivity contribution in [2.75, 3.05) is 0 Å². The van der Waals surface area contributed by atoms with Gasteiger partial charge in [0.2, 0.25) is 11.7 Å². The summed E-state index contributed by atoms with van der Waals surface area (Å²) in [6.07, 6.45) is 1.90. The van der Waals surface area contributed by atoms with Crippen LogP contribution in [0.15, 0.2) is 27.5 Å². The standard InChI is InChI=1S/C13H9BrF2N2O2/c14-7-3-8(15)12(16)9(4-7)20-11-5-10(19)17-13(18-11)6-1-2-6/h3-6H,1-2H2,(H,17,18,19). The number of ether oxygens (including phenoxy) is 1. The number of nitrogens with zero attached hydrogens (tertiary/aromatic N) is 1. The largest absolute Gasteiger partial charge is 0.436 e. The number of hydrogen-bond donors (Lipinski definition) is 1. The summed E-state index contributed by atoms with van der Waals surface area (Å²) in [7, 11) is 0. The van der Waals surface area contributed by atoms with Gasteiger partial charge < -0.3 is 9.72 Å². The maximum atomic E-state index is 13.6. The van der Waals surface area contributed by atoms with E-state index in [1.807, 2.05) is 0 Å². The maximum absolute atomic E-state index is 13.6. The number of aromatic nitrogens is 2. The first-order chi connectivity index (χ1) is 9.52. The fraction of sp³-hybridized carbons (Fsp3) is 0.231. The zero-order chi connectivity index (χ0) is 14.3. The first-order valence-corrected chi connectivity index (χ1v) is 6.76. The molecule has 0 unspecified atom stereocenters. The number of benzene rings is 1. The number of nitrogens with one attached hydrogen (secondary N) is 1. The normalized spacial score (nSPS) is 14.3. The lowest BCUT2D eigenvalue weighted by molar-refractivity contribution is 0.402. The smallest absolute Gasteiger partial charge is 0.254 e. The summed E-state index contributed by atoms with van der Waals surface area (Å²) in [5.41, 5.74) is -0.382. The molecule has 1 fully saturated rings. The van der Waals surface area contributed by atoms with Crippen molar-refractivity contribution in [2.24, 2.45) is 0 Å². The Balaban J connectivity index is 1.97. The summed E-state index contributed by atoms with van der Waals surface area (Å²) in [5.74, 6) is -1.80. The Morgan fingerprint density at radius 1 is 1.30 bits per heavy atom. The monoisotopic (exact) mass is 342 g/mol. The van der Waals surface area contributed by atoms with Crippen LogP contribution in [0.2, 0.25) is 0 Å². The molecule has 0 aliphatic heterocycles. The van der Waals surface area contributed by atoms with Crippen molar-refractivity contribution in [1.82, 2.24) is 9.97 Å². The molecule has 0 amide bonds. The summed E-state index contributed by atoms with van der Waals surface area (Å²) < 4.78 is 32.4. The van der Waals surface area contributed by atoms with Gasteiger partial charge in [0.25, 0.3) is 5.56 Å². The van der Waals surface area contributed by atoms with Crippen LogP contribution >= 0.6 is 15.9 Å². The molecule has 1 heterocycles. The second-order valence-corrected chi connectivity index (χ2v) is 5.46. The highest BCUT2D eigenvalue weighted by Crippen LogP contribution is 2.38.